The molecule has 1 rings (SSSR count). The van der Waals surface area contributed by atoms with Gasteiger partial charge in [0.1, 0.15) is 12.4 Å². The Morgan fingerprint density at radius 2 is 2.23 bits per heavy atom. The van der Waals surface area contributed by atoms with Crippen LogP contribution < -0.4 is 5.73 Å². The fourth-order valence-corrected chi connectivity index (χ4v) is 0.969. The molecule has 2 N–H and O–H groups in total. The first-order valence-electron chi connectivity index (χ1n) is 3.70. The third-order valence-corrected chi connectivity index (χ3v) is 1.61. The van der Waals surface area contributed by atoms with Crippen molar-refractivity contribution in [1.29, 1.82) is 5.26 Å². The van der Waals surface area contributed by atoms with Crippen molar-refractivity contribution in [3.05, 3.63) is 35.4 Å². The second-order valence-corrected chi connectivity index (χ2v) is 2.42. The lowest BCUT2D eigenvalue weighted by molar-refractivity contribution is -0.104. The molecule has 64 valence electrons. The van der Waals surface area contributed by atoms with E-state index in [9.17, 15) is 4.79 Å². The smallest absolute Gasteiger partial charge is 0.142 e. The highest BCUT2D eigenvalue weighted by Crippen LogP contribution is 2.17. The van der Waals surface area contributed by atoms with Gasteiger partial charge in [0.25, 0.3) is 0 Å². The summed E-state index contributed by atoms with van der Waals surface area (Å²) >= 11 is 0. The number of carbonyl (C=O) groups excluding carboxylic acids is 1. The molecule has 0 amide bonds. The van der Waals surface area contributed by atoms with Crippen LogP contribution in [0.5, 0.6) is 0 Å². The van der Waals surface area contributed by atoms with Crippen molar-refractivity contribution < 1.29 is 4.79 Å². The van der Waals surface area contributed by atoms with E-state index in [0.717, 1.165) is 0 Å². The number of hydrogen-bond acceptors (Lipinski definition) is 3. The lowest BCUT2D eigenvalue weighted by Crippen LogP contribution is -1.93. The fourth-order valence-electron chi connectivity index (χ4n) is 0.969. The maximum atomic E-state index is 10.1. The number of allylic oxidation sites excluding steroid dienone is 1. The van der Waals surface area contributed by atoms with E-state index < -0.39 is 0 Å². The van der Waals surface area contributed by atoms with Crippen molar-refractivity contribution in [3.8, 4) is 6.07 Å². The van der Waals surface area contributed by atoms with Crippen molar-refractivity contribution in [2.45, 2.75) is 0 Å². The number of hydrogen-bond donors (Lipinski definition) is 1. The Kier molecular flexibility index (Phi) is 2.82. The van der Waals surface area contributed by atoms with Crippen LogP contribution in [0.4, 0.5) is 5.69 Å². The number of aldehydes is 1. The van der Waals surface area contributed by atoms with Crippen LogP contribution >= 0.6 is 0 Å². The molecule has 0 bridgehead atoms. The van der Waals surface area contributed by atoms with E-state index >= 15 is 0 Å². The number of benzene rings is 1. The van der Waals surface area contributed by atoms with Crippen LogP contribution in [0.25, 0.3) is 6.08 Å². The Morgan fingerprint density at radius 1 is 1.46 bits per heavy atom. The van der Waals surface area contributed by atoms with Crippen LogP contribution in [0, 0.1) is 11.3 Å². The number of rotatable bonds is 2. The van der Waals surface area contributed by atoms with Gasteiger partial charge in [-0.3, -0.25) is 4.79 Å². The van der Waals surface area contributed by atoms with Gasteiger partial charge in [0.2, 0.25) is 0 Å². The van der Waals surface area contributed by atoms with Gasteiger partial charge in [-0.1, -0.05) is 12.1 Å². The third kappa shape index (κ3) is 1.94. The van der Waals surface area contributed by atoms with Gasteiger partial charge in [0.15, 0.2) is 0 Å². The van der Waals surface area contributed by atoms with Crippen LogP contribution in [0.15, 0.2) is 24.3 Å². The van der Waals surface area contributed by atoms with Gasteiger partial charge < -0.3 is 5.73 Å². The van der Waals surface area contributed by atoms with Crippen LogP contribution in [0.3, 0.4) is 0 Å². The highest BCUT2D eigenvalue weighted by Gasteiger charge is 1.99. The van der Waals surface area contributed by atoms with Gasteiger partial charge in [-0.25, -0.2) is 0 Å². The zero-order chi connectivity index (χ0) is 9.68. The van der Waals surface area contributed by atoms with E-state index in [1.807, 2.05) is 6.07 Å². The van der Waals surface area contributed by atoms with Crippen molar-refractivity contribution in [1.82, 2.24) is 0 Å². The molecular formula is C10H8N2O. The Balaban J connectivity index is 3.17. The molecule has 0 aliphatic carbocycles. The Labute approximate surface area is 76.1 Å². The molecule has 0 radical (unpaired) electrons. The minimum absolute atomic E-state index is 0.406. The van der Waals surface area contributed by atoms with Gasteiger partial charge in [-0.2, -0.15) is 5.26 Å². The minimum atomic E-state index is 0.406. The summed E-state index contributed by atoms with van der Waals surface area (Å²) in [5.74, 6) is 0. The predicted octanol–water partition coefficient (Wildman–Crippen LogP) is 1.35. The maximum Gasteiger partial charge on any atom is 0.142 e. The molecule has 0 atom stereocenters. The van der Waals surface area contributed by atoms with Crippen LogP contribution in [0.2, 0.25) is 0 Å². The normalized spacial score (nSPS) is 9.77. The van der Waals surface area contributed by atoms with E-state index in [4.69, 9.17) is 11.0 Å². The van der Waals surface area contributed by atoms with E-state index in [1.54, 1.807) is 24.3 Å². The first-order chi connectivity index (χ1) is 6.29. The molecule has 0 aliphatic heterocycles. The van der Waals surface area contributed by atoms with Crippen molar-refractivity contribution in [2.24, 2.45) is 0 Å². The Hall–Kier alpha value is -2.08. The number of para-hydroxylation sites is 1. The molecule has 1 aromatic rings. The van der Waals surface area contributed by atoms with E-state index in [-0.39, 0.29) is 0 Å². The summed E-state index contributed by atoms with van der Waals surface area (Å²) in [5.41, 5.74) is 7.16. The zero-order valence-electron chi connectivity index (χ0n) is 6.90. The van der Waals surface area contributed by atoms with Gasteiger partial charge in [-0.05, 0) is 23.8 Å². The monoisotopic (exact) mass is 172 g/mol. The standard InChI is InChI=1S/C10H8N2O/c11-7-9-4-1-3-8(10(9)12)5-2-6-13/h1-6H,12H2. The van der Waals surface area contributed by atoms with Gasteiger partial charge >= 0.3 is 0 Å². The summed E-state index contributed by atoms with van der Waals surface area (Å²) in [4.78, 5) is 10.1. The zero-order valence-corrected chi connectivity index (χ0v) is 6.90. The summed E-state index contributed by atoms with van der Waals surface area (Å²) < 4.78 is 0. The molecule has 3 heteroatoms. The fraction of sp³-hybridized carbons (Fsp3) is 0. The summed E-state index contributed by atoms with van der Waals surface area (Å²) in [6.45, 7) is 0. The second-order valence-electron chi connectivity index (χ2n) is 2.42. The van der Waals surface area contributed by atoms with E-state index in [0.29, 0.717) is 23.1 Å². The second kappa shape index (κ2) is 4.07. The van der Waals surface area contributed by atoms with Crippen LogP contribution in [0.1, 0.15) is 11.1 Å². The van der Waals surface area contributed by atoms with Gasteiger partial charge in [0.05, 0.1) is 11.3 Å². The molecule has 0 heterocycles. The highest BCUT2D eigenvalue weighted by atomic mass is 16.1. The first-order valence-corrected chi connectivity index (χ1v) is 3.70. The maximum absolute atomic E-state index is 10.1. The largest absolute Gasteiger partial charge is 0.397 e. The summed E-state index contributed by atoms with van der Waals surface area (Å²) in [5, 5.41) is 8.64. The Bertz CT molecular complexity index is 388. The molecule has 0 saturated carbocycles. The molecule has 0 aliphatic rings. The number of nitriles is 1. The summed E-state index contributed by atoms with van der Waals surface area (Å²) in [6, 6.07) is 7.07. The quantitative estimate of drug-likeness (QED) is 0.416. The predicted molar refractivity (Wildman–Crippen MR) is 50.7 cm³/mol. The topological polar surface area (TPSA) is 66.9 Å². The number of nitrogen functional groups attached to an aromatic ring is 1. The lowest BCUT2D eigenvalue weighted by Gasteiger charge is -2.00. The van der Waals surface area contributed by atoms with Crippen LogP contribution in [-0.2, 0) is 4.79 Å². The molecule has 0 spiro atoms. The molecule has 0 unspecified atom stereocenters. The van der Waals surface area contributed by atoms with E-state index in [2.05, 4.69) is 0 Å². The molecular weight excluding hydrogens is 164 g/mol. The minimum Gasteiger partial charge on any atom is -0.397 e. The molecule has 0 fully saturated rings. The number of nitrogens with zero attached hydrogens (tertiary/aromatic N) is 1. The number of nitrogens with two attached hydrogens (primary N) is 1. The molecule has 13 heavy (non-hydrogen) atoms. The van der Waals surface area contributed by atoms with Gasteiger partial charge in [0, 0.05) is 0 Å². The number of carbonyl (C=O) groups is 1. The molecule has 1 aromatic carbocycles. The highest BCUT2D eigenvalue weighted by molar-refractivity contribution is 5.78. The SMILES string of the molecule is N#Cc1cccc(C=CC=O)c1N. The average molecular weight is 172 g/mol. The molecule has 3 nitrogen and oxygen atoms in total. The van der Waals surface area contributed by atoms with Crippen molar-refractivity contribution in [2.75, 3.05) is 5.73 Å². The number of anilines is 1. The van der Waals surface area contributed by atoms with Crippen LogP contribution in [-0.4, -0.2) is 6.29 Å². The molecule has 0 aromatic heterocycles. The first kappa shape index (κ1) is 9.01. The van der Waals surface area contributed by atoms with Crippen molar-refractivity contribution in [3.63, 3.8) is 0 Å². The lowest BCUT2D eigenvalue weighted by atomic mass is 10.1. The molecule has 0 saturated heterocycles. The summed E-state index contributed by atoms with van der Waals surface area (Å²) in [6.07, 6.45) is 3.58. The summed E-state index contributed by atoms with van der Waals surface area (Å²) in [7, 11) is 0. The average Bonchev–Trinajstić information content (AvgIpc) is 2.16. The van der Waals surface area contributed by atoms with E-state index in [1.165, 1.54) is 6.08 Å². The van der Waals surface area contributed by atoms with Crippen molar-refractivity contribution >= 4 is 18.0 Å². The Morgan fingerprint density at radius 3 is 2.85 bits per heavy atom. The third-order valence-electron chi connectivity index (χ3n) is 1.61. The van der Waals surface area contributed by atoms with Gasteiger partial charge in [-0.15, -0.1) is 0 Å².